The molecule has 0 aromatic carbocycles. The van der Waals surface area contributed by atoms with Crippen molar-refractivity contribution in [2.24, 2.45) is 0 Å². The predicted molar refractivity (Wildman–Crippen MR) is 225 cm³/mol. The third-order valence-electron chi connectivity index (χ3n) is 9.02. The lowest BCUT2D eigenvalue weighted by atomic mass is 10.0. The highest BCUT2D eigenvalue weighted by molar-refractivity contribution is 7.46. The molecule has 0 spiro atoms. The monoisotopic (exact) mass is 779 g/mol. The molecule has 0 bridgehead atoms. The van der Waals surface area contributed by atoms with Gasteiger partial charge < -0.3 is 19.3 Å². The van der Waals surface area contributed by atoms with Gasteiger partial charge in [0, 0.05) is 12.8 Å². The van der Waals surface area contributed by atoms with Gasteiger partial charge in [0.15, 0.2) is 6.10 Å². The summed E-state index contributed by atoms with van der Waals surface area (Å²) >= 11 is 0. The second-order valence-corrected chi connectivity index (χ2v) is 15.5. The number of rotatable bonds is 39. The van der Waals surface area contributed by atoms with Crippen LogP contribution in [0.15, 0.2) is 60.8 Å². The van der Waals surface area contributed by atoms with Crippen molar-refractivity contribution in [1.82, 2.24) is 0 Å². The van der Waals surface area contributed by atoms with Crippen molar-refractivity contribution in [3.05, 3.63) is 60.8 Å². The second-order valence-electron chi connectivity index (χ2n) is 14.3. The van der Waals surface area contributed by atoms with Gasteiger partial charge >= 0.3 is 19.8 Å². The molecule has 0 saturated heterocycles. The van der Waals surface area contributed by atoms with Gasteiger partial charge in [-0.05, 0) is 77.0 Å². The SMILES string of the molecule is CC/C=C\C/C=C\C/C=C\C/C=C\CCCCCCCCCCCCC(=O)OC(COC(=O)CCCCCCC/C=C\CCCCCC)COP(=O)(O)O. The summed E-state index contributed by atoms with van der Waals surface area (Å²) in [5.74, 6) is -0.901. The quantitative estimate of drug-likeness (QED) is 0.0274. The van der Waals surface area contributed by atoms with Crippen molar-refractivity contribution in [3.63, 3.8) is 0 Å². The van der Waals surface area contributed by atoms with E-state index < -0.39 is 32.5 Å². The summed E-state index contributed by atoms with van der Waals surface area (Å²) in [6.07, 6.45) is 50.8. The molecule has 312 valence electrons. The Morgan fingerprint density at radius 2 is 0.889 bits per heavy atom. The Labute approximate surface area is 330 Å². The lowest BCUT2D eigenvalue weighted by Crippen LogP contribution is -2.29. The van der Waals surface area contributed by atoms with E-state index in [2.05, 4.69) is 79.1 Å². The zero-order chi connectivity index (χ0) is 39.6. The second kappa shape index (κ2) is 40.4. The first-order valence-corrected chi connectivity index (χ1v) is 23.1. The number of hydrogen-bond donors (Lipinski definition) is 2. The number of ether oxygens (including phenoxy) is 2. The first-order valence-electron chi connectivity index (χ1n) is 21.6. The fourth-order valence-corrected chi connectivity index (χ4v) is 6.19. The number of hydrogen-bond acceptors (Lipinski definition) is 6. The van der Waals surface area contributed by atoms with Crippen LogP contribution in [-0.2, 0) is 28.2 Å². The summed E-state index contributed by atoms with van der Waals surface area (Å²) in [5, 5.41) is 0. The van der Waals surface area contributed by atoms with Crippen molar-refractivity contribution >= 4 is 19.8 Å². The average molecular weight is 779 g/mol. The normalized spacial score (nSPS) is 13.0. The molecule has 0 fully saturated rings. The number of phosphoric ester groups is 1. The van der Waals surface area contributed by atoms with Crippen molar-refractivity contribution in [3.8, 4) is 0 Å². The van der Waals surface area contributed by atoms with Gasteiger partial charge in [-0.2, -0.15) is 0 Å². The molecule has 0 aromatic heterocycles. The molecular weight excluding hydrogens is 699 g/mol. The third kappa shape index (κ3) is 42.5. The van der Waals surface area contributed by atoms with Crippen LogP contribution in [-0.4, -0.2) is 41.0 Å². The molecule has 2 N–H and O–H groups in total. The van der Waals surface area contributed by atoms with Crippen LogP contribution in [0.3, 0.4) is 0 Å². The van der Waals surface area contributed by atoms with E-state index in [-0.39, 0.29) is 19.4 Å². The zero-order valence-electron chi connectivity index (χ0n) is 34.4. The first kappa shape index (κ1) is 51.8. The van der Waals surface area contributed by atoms with E-state index >= 15 is 0 Å². The molecule has 0 aliphatic carbocycles. The van der Waals surface area contributed by atoms with E-state index in [0.29, 0.717) is 12.8 Å². The van der Waals surface area contributed by atoms with Gasteiger partial charge in [-0.15, -0.1) is 0 Å². The lowest BCUT2D eigenvalue weighted by Gasteiger charge is -2.18. The van der Waals surface area contributed by atoms with Gasteiger partial charge in [-0.3, -0.25) is 14.1 Å². The molecular formula is C45H79O8P. The fourth-order valence-electron chi connectivity index (χ4n) is 5.83. The van der Waals surface area contributed by atoms with Gasteiger partial charge in [0.25, 0.3) is 0 Å². The lowest BCUT2D eigenvalue weighted by molar-refractivity contribution is -0.161. The third-order valence-corrected chi connectivity index (χ3v) is 9.51. The van der Waals surface area contributed by atoms with Gasteiger partial charge in [0.2, 0.25) is 0 Å². The van der Waals surface area contributed by atoms with Gasteiger partial charge in [-0.1, -0.05) is 164 Å². The number of carbonyl (C=O) groups is 2. The van der Waals surface area contributed by atoms with Crippen molar-refractivity contribution in [2.45, 2.75) is 200 Å². The van der Waals surface area contributed by atoms with Crippen LogP contribution in [0.5, 0.6) is 0 Å². The number of esters is 2. The Morgan fingerprint density at radius 3 is 1.35 bits per heavy atom. The Morgan fingerprint density at radius 1 is 0.500 bits per heavy atom. The highest BCUT2D eigenvalue weighted by atomic mass is 31.2. The van der Waals surface area contributed by atoms with Crippen molar-refractivity contribution < 1.29 is 37.9 Å². The molecule has 1 atom stereocenters. The minimum absolute atomic E-state index is 0.203. The van der Waals surface area contributed by atoms with E-state index in [0.717, 1.165) is 83.5 Å². The van der Waals surface area contributed by atoms with Gasteiger partial charge in [0.05, 0.1) is 6.61 Å². The standard InChI is InChI=1S/C45H79O8P/c1-3-5-7-9-11-13-15-17-18-19-20-21-22-23-24-25-26-28-30-32-34-36-38-40-45(47)53-43(42-52-54(48,49)50)41-51-44(46)39-37-35-33-31-29-27-16-14-12-10-8-6-4-2/h5,7,11,13-14,16-18,20-21,43H,3-4,6,8-10,12,15,19,22-42H2,1-2H3,(H2,48,49,50)/b7-5-,13-11-,16-14-,18-17-,21-20-. The number of phosphoric acid groups is 1. The maximum absolute atomic E-state index is 12.4. The molecule has 0 amide bonds. The molecule has 0 aromatic rings. The van der Waals surface area contributed by atoms with Crippen LogP contribution in [0.25, 0.3) is 0 Å². The van der Waals surface area contributed by atoms with E-state index in [1.807, 2.05) is 0 Å². The van der Waals surface area contributed by atoms with Crippen molar-refractivity contribution in [2.75, 3.05) is 13.2 Å². The Bertz CT molecular complexity index is 1060. The summed E-state index contributed by atoms with van der Waals surface area (Å²) in [7, 11) is -4.76. The van der Waals surface area contributed by atoms with Gasteiger partial charge in [-0.25, -0.2) is 4.57 Å². The van der Waals surface area contributed by atoms with E-state index in [9.17, 15) is 14.2 Å². The Balaban J connectivity index is 3.89. The number of unbranched alkanes of at least 4 members (excludes halogenated alkanes) is 19. The minimum Gasteiger partial charge on any atom is -0.462 e. The average Bonchev–Trinajstić information content (AvgIpc) is 3.14. The van der Waals surface area contributed by atoms with Crippen LogP contribution in [0.4, 0.5) is 0 Å². The largest absolute Gasteiger partial charge is 0.469 e. The molecule has 0 heterocycles. The highest BCUT2D eigenvalue weighted by Gasteiger charge is 2.22. The van der Waals surface area contributed by atoms with Crippen LogP contribution in [0.2, 0.25) is 0 Å². The number of allylic oxidation sites excluding steroid dienone is 10. The van der Waals surface area contributed by atoms with E-state index in [1.54, 1.807) is 0 Å². The molecule has 54 heavy (non-hydrogen) atoms. The summed E-state index contributed by atoms with van der Waals surface area (Å²) in [4.78, 5) is 42.9. The van der Waals surface area contributed by atoms with Crippen LogP contribution in [0.1, 0.15) is 194 Å². The maximum atomic E-state index is 12.4. The topological polar surface area (TPSA) is 119 Å². The van der Waals surface area contributed by atoms with Crippen LogP contribution in [0, 0.1) is 0 Å². The molecule has 0 aliphatic heterocycles. The zero-order valence-corrected chi connectivity index (χ0v) is 35.2. The molecule has 0 aliphatic rings. The van der Waals surface area contributed by atoms with Crippen molar-refractivity contribution in [1.29, 1.82) is 0 Å². The summed E-state index contributed by atoms with van der Waals surface area (Å²) in [5.41, 5.74) is 0. The van der Waals surface area contributed by atoms with Crippen LogP contribution >= 0.6 is 7.82 Å². The maximum Gasteiger partial charge on any atom is 0.469 e. The summed E-state index contributed by atoms with van der Waals surface area (Å²) < 4.78 is 26.4. The summed E-state index contributed by atoms with van der Waals surface area (Å²) in [6, 6.07) is 0. The first-order chi connectivity index (χ1) is 26.3. The van der Waals surface area contributed by atoms with E-state index in [1.165, 1.54) is 70.6 Å². The predicted octanol–water partition coefficient (Wildman–Crippen LogP) is 13.3. The van der Waals surface area contributed by atoms with Crippen LogP contribution < -0.4 is 0 Å². The van der Waals surface area contributed by atoms with Gasteiger partial charge in [0.1, 0.15) is 6.61 Å². The molecule has 8 nitrogen and oxygen atoms in total. The highest BCUT2D eigenvalue weighted by Crippen LogP contribution is 2.36. The molecule has 0 rings (SSSR count). The fraction of sp³-hybridized carbons (Fsp3) is 0.733. The Kier molecular flexibility index (Phi) is 38.7. The minimum atomic E-state index is -4.76. The molecule has 0 saturated carbocycles. The molecule has 0 radical (unpaired) electrons. The molecule has 1 unspecified atom stereocenters. The Hall–Kier alpha value is -2.25. The van der Waals surface area contributed by atoms with E-state index in [4.69, 9.17) is 19.3 Å². The summed E-state index contributed by atoms with van der Waals surface area (Å²) in [6.45, 7) is 3.55. The number of carbonyl (C=O) groups excluding carboxylic acids is 2. The smallest absolute Gasteiger partial charge is 0.462 e. The molecule has 9 heteroatoms.